The highest BCUT2D eigenvalue weighted by Crippen LogP contribution is 2.35. The molecule has 1 saturated carbocycles. The summed E-state index contributed by atoms with van der Waals surface area (Å²) in [4.78, 5) is 0.143. The molecule has 1 heterocycles. The van der Waals surface area contributed by atoms with Crippen LogP contribution >= 0.6 is 15.9 Å². The Kier molecular flexibility index (Phi) is 3.81. The van der Waals surface area contributed by atoms with Gasteiger partial charge in [0.05, 0.1) is 18.5 Å². The van der Waals surface area contributed by atoms with E-state index in [4.69, 9.17) is 10.2 Å². The van der Waals surface area contributed by atoms with E-state index in [-0.39, 0.29) is 23.2 Å². The second-order valence-corrected chi connectivity index (χ2v) is 7.82. The van der Waals surface area contributed by atoms with Crippen molar-refractivity contribution >= 4 is 31.6 Å². The third-order valence-corrected chi connectivity index (χ3v) is 5.87. The number of halogens is 1. The summed E-state index contributed by atoms with van der Waals surface area (Å²) in [6.45, 7) is 0.232. The monoisotopic (exact) mass is 370 g/mol. The Bertz CT molecular complexity index is 740. The lowest BCUT2D eigenvalue weighted by Crippen LogP contribution is -2.33. The normalized spacial score (nSPS) is 15.5. The molecule has 112 valence electrons. The van der Waals surface area contributed by atoms with Crippen LogP contribution < -0.4 is 5.73 Å². The number of benzene rings is 1. The number of rotatable bonds is 5. The number of hydrogen-bond donors (Lipinski definition) is 1. The zero-order valence-corrected chi connectivity index (χ0v) is 13.6. The highest BCUT2D eigenvalue weighted by molar-refractivity contribution is 9.10. The van der Waals surface area contributed by atoms with Crippen LogP contribution in [0.4, 0.5) is 5.69 Å². The number of nitrogens with zero attached hydrogens (tertiary/aromatic N) is 1. The number of nitrogens with two attached hydrogens (primary N) is 1. The molecule has 0 amide bonds. The van der Waals surface area contributed by atoms with Gasteiger partial charge in [-0.05, 0) is 43.2 Å². The first kappa shape index (κ1) is 14.6. The van der Waals surface area contributed by atoms with Crippen LogP contribution in [0.5, 0.6) is 0 Å². The molecule has 0 spiro atoms. The van der Waals surface area contributed by atoms with Gasteiger partial charge in [-0.15, -0.1) is 0 Å². The number of furan rings is 1. The van der Waals surface area contributed by atoms with Gasteiger partial charge in [0.15, 0.2) is 0 Å². The van der Waals surface area contributed by atoms with Gasteiger partial charge in [-0.3, -0.25) is 0 Å². The highest BCUT2D eigenvalue weighted by Gasteiger charge is 2.39. The SMILES string of the molecule is Nc1cc(Br)ccc1S(=O)(=O)N(Cc1ccco1)C1CC1. The second kappa shape index (κ2) is 5.47. The van der Waals surface area contributed by atoms with Crippen LogP contribution in [0.2, 0.25) is 0 Å². The minimum Gasteiger partial charge on any atom is -0.468 e. The molecule has 5 nitrogen and oxygen atoms in total. The van der Waals surface area contributed by atoms with Crippen LogP contribution in [-0.4, -0.2) is 18.8 Å². The van der Waals surface area contributed by atoms with Crippen molar-refractivity contribution < 1.29 is 12.8 Å². The number of sulfonamides is 1. The lowest BCUT2D eigenvalue weighted by Gasteiger charge is -2.21. The van der Waals surface area contributed by atoms with Crippen LogP contribution in [0.25, 0.3) is 0 Å². The Morgan fingerprint density at radius 1 is 1.33 bits per heavy atom. The molecule has 3 rings (SSSR count). The lowest BCUT2D eigenvalue weighted by molar-refractivity contribution is 0.357. The lowest BCUT2D eigenvalue weighted by atomic mass is 10.3. The fourth-order valence-corrected chi connectivity index (χ4v) is 4.34. The molecular weight excluding hydrogens is 356 g/mol. The van der Waals surface area contributed by atoms with Gasteiger partial charge >= 0.3 is 0 Å². The van der Waals surface area contributed by atoms with Crippen molar-refractivity contribution in [3.8, 4) is 0 Å². The van der Waals surface area contributed by atoms with E-state index in [1.54, 1.807) is 30.5 Å². The third-order valence-electron chi connectivity index (χ3n) is 3.40. The molecule has 1 aromatic carbocycles. The topological polar surface area (TPSA) is 76.5 Å². The van der Waals surface area contributed by atoms with Gasteiger partial charge in [0.1, 0.15) is 10.7 Å². The first-order valence-corrected chi connectivity index (χ1v) is 8.81. The van der Waals surface area contributed by atoms with Gasteiger partial charge in [0.2, 0.25) is 10.0 Å². The average Bonchev–Trinajstić information content (AvgIpc) is 3.11. The summed E-state index contributed by atoms with van der Waals surface area (Å²) in [6, 6.07) is 8.37. The molecule has 0 unspecified atom stereocenters. The summed E-state index contributed by atoms with van der Waals surface area (Å²) in [6.07, 6.45) is 3.29. The maximum absolute atomic E-state index is 12.9. The summed E-state index contributed by atoms with van der Waals surface area (Å²) < 4.78 is 33.2. The van der Waals surface area contributed by atoms with E-state index in [9.17, 15) is 8.42 Å². The second-order valence-electron chi connectivity index (χ2n) is 5.04. The molecule has 0 saturated heterocycles. The minimum absolute atomic E-state index is 0.0307. The summed E-state index contributed by atoms with van der Waals surface area (Å²) >= 11 is 3.29. The van der Waals surface area contributed by atoms with Crippen LogP contribution in [0.1, 0.15) is 18.6 Å². The quantitative estimate of drug-likeness (QED) is 0.820. The van der Waals surface area contributed by atoms with E-state index in [0.29, 0.717) is 5.76 Å². The molecule has 0 radical (unpaired) electrons. The summed E-state index contributed by atoms with van der Waals surface area (Å²) in [7, 11) is -3.63. The van der Waals surface area contributed by atoms with Crippen LogP contribution in [0.3, 0.4) is 0 Å². The van der Waals surface area contributed by atoms with E-state index in [1.165, 1.54) is 10.4 Å². The van der Waals surface area contributed by atoms with Gasteiger partial charge in [-0.1, -0.05) is 15.9 Å². The molecule has 1 fully saturated rings. The van der Waals surface area contributed by atoms with Crippen molar-refractivity contribution in [2.24, 2.45) is 0 Å². The predicted octanol–water partition coefficient (Wildman–Crippen LogP) is 2.98. The summed E-state index contributed by atoms with van der Waals surface area (Å²) in [5, 5.41) is 0. The predicted molar refractivity (Wildman–Crippen MR) is 83.0 cm³/mol. The first-order chi connectivity index (χ1) is 9.98. The molecule has 0 aliphatic heterocycles. The molecule has 0 atom stereocenters. The smallest absolute Gasteiger partial charge is 0.245 e. The van der Waals surface area contributed by atoms with Crippen molar-refractivity contribution in [3.63, 3.8) is 0 Å². The largest absolute Gasteiger partial charge is 0.468 e. The number of anilines is 1. The van der Waals surface area contributed by atoms with Crippen LogP contribution in [-0.2, 0) is 16.6 Å². The minimum atomic E-state index is -3.63. The molecular formula is C14H15BrN2O3S. The van der Waals surface area contributed by atoms with Gasteiger partial charge < -0.3 is 10.2 Å². The molecule has 7 heteroatoms. The van der Waals surface area contributed by atoms with Crippen molar-refractivity contribution in [2.75, 3.05) is 5.73 Å². The van der Waals surface area contributed by atoms with Gasteiger partial charge in [-0.25, -0.2) is 8.42 Å². The Morgan fingerprint density at radius 3 is 2.67 bits per heavy atom. The summed E-state index contributed by atoms with van der Waals surface area (Å²) in [5.74, 6) is 0.626. The third kappa shape index (κ3) is 3.00. The van der Waals surface area contributed by atoms with Crippen molar-refractivity contribution in [1.29, 1.82) is 0 Å². The van der Waals surface area contributed by atoms with E-state index in [0.717, 1.165) is 17.3 Å². The van der Waals surface area contributed by atoms with Crippen LogP contribution in [0, 0.1) is 0 Å². The van der Waals surface area contributed by atoms with E-state index in [2.05, 4.69) is 15.9 Å². The van der Waals surface area contributed by atoms with Crippen molar-refractivity contribution in [3.05, 3.63) is 46.8 Å². The Morgan fingerprint density at radius 2 is 2.10 bits per heavy atom. The van der Waals surface area contributed by atoms with Crippen molar-refractivity contribution in [1.82, 2.24) is 4.31 Å². The highest BCUT2D eigenvalue weighted by atomic mass is 79.9. The zero-order valence-electron chi connectivity index (χ0n) is 11.2. The molecule has 0 bridgehead atoms. The molecule has 1 aliphatic rings. The first-order valence-electron chi connectivity index (χ1n) is 6.58. The van der Waals surface area contributed by atoms with E-state index >= 15 is 0 Å². The summed E-state index contributed by atoms with van der Waals surface area (Å²) in [5.41, 5.74) is 6.12. The molecule has 2 aromatic rings. The standard InChI is InChI=1S/C14H15BrN2O3S/c15-10-3-6-14(13(16)8-10)21(18,19)17(11-4-5-11)9-12-2-1-7-20-12/h1-3,6-8,11H,4-5,9,16H2. The average molecular weight is 371 g/mol. The van der Waals surface area contributed by atoms with Gasteiger partial charge in [0.25, 0.3) is 0 Å². The van der Waals surface area contributed by atoms with Crippen LogP contribution in [0.15, 0.2) is 50.4 Å². The Balaban J connectivity index is 1.97. The molecule has 1 aromatic heterocycles. The maximum atomic E-state index is 12.9. The maximum Gasteiger partial charge on any atom is 0.245 e. The molecule has 2 N–H and O–H groups in total. The van der Waals surface area contributed by atoms with Crippen molar-refractivity contribution in [2.45, 2.75) is 30.3 Å². The van der Waals surface area contributed by atoms with E-state index in [1.807, 2.05) is 0 Å². The fourth-order valence-electron chi connectivity index (χ4n) is 2.21. The molecule has 1 aliphatic carbocycles. The van der Waals surface area contributed by atoms with Gasteiger partial charge in [0, 0.05) is 10.5 Å². The molecule has 21 heavy (non-hydrogen) atoms. The van der Waals surface area contributed by atoms with Gasteiger partial charge in [-0.2, -0.15) is 4.31 Å². The zero-order chi connectivity index (χ0) is 15.0. The number of hydrogen-bond acceptors (Lipinski definition) is 4. The Labute approximate surface area is 131 Å². The van der Waals surface area contributed by atoms with E-state index < -0.39 is 10.0 Å². The Hall–Kier alpha value is -1.31. The fraction of sp³-hybridized carbons (Fsp3) is 0.286. The number of nitrogen functional groups attached to an aromatic ring is 1.